The fraction of sp³-hybridized carbons (Fsp3) is 0.269. The molecule has 0 aliphatic carbocycles. The third kappa shape index (κ3) is 4.59. The number of fused-ring (bicyclic) bond motifs is 1. The van der Waals surface area contributed by atoms with Gasteiger partial charge in [-0.05, 0) is 31.1 Å². The maximum absolute atomic E-state index is 12.0. The third-order valence-electron chi connectivity index (χ3n) is 5.97. The zero-order chi connectivity index (χ0) is 22.6. The zero-order valence-electron chi connectivity index (χ0n) is 18.7. The van der Waals surface area contributed by atoms with E-state index < -0.39 is 0 Å². The monoisotopic (exact) mass is 441 g/mol. The standard InChI is InChI=1S/C26H27N5O2/c1-2-33-24(32)18-31-17-21(25(29-31)20-7-4-3-5-8-20)16-30-13-10-19(11-14-30)23-15-28-26-22(23)9-6-12-27-26/h3-10,12,15,17H,2,11,13-14,16,18H2,1H3,(H,27,28). The summed E-state index contributed by atoms with van der Waals surface area (Å²) in [5, 5.41) is 5.89. The Bertz CT molecular complexity index is 1290. The average Bonchev–Trinajstić information content (AvgIpc) is 3.44. The van der Waals surface area contributed by atoms with Crippen LogP contribution in [-0.2, 0) is 22.6 Å². The Morgan fingerprint density at radius 1 is 1.18 bits per heavy atom. The van der Waals surface area contributed by atoms with Gasteiger partial charge >= 0.3 is 5.97 Å². The number of hydrogen-bond donors (Lipinski definition) is 1. The highest BCUT2D eigenvalue weighted by atomic mass is 16.5. The number of nitrogens with one attached hydrogen (secondary N) is 1. The van der Waals surface area contributed by atoms with Gasteiger partial charge in [0.05, 0.1) is 12.3 Å². The van der Waals surface area contributed by atoms with Gasteiger partial charge in [-0.3, -0.25) is 14.4 Å². The Morgan fingerprint density at radius 3 is 2.85 bits per heavy atom. The Balaban J connectivity index is 1.35. The van der Waals surface area contributed by atoms with Crippen LogP contribution in [0.4, 0.5) is 0 Å². The van der Waals surface area contributed by atoms with Crippen LogP contribution in [0.1, 0.15) is 24.5 Å². The molecule has 7 heteroatoms. The van der Waals surface area contributed by atoms with Crippen molar-refractivity contribution < 1.29 is 9.53 Å². The number of ether oxygens (including phenoxy) is 1. The van der Waals surface area contributed by atoms with Crippen LogP contribution < -0.4 is 0 Å². The van der Waals surface area contributed by atoms with Gasteiger partial charge in [-0.15, -0.1) is 0 Å². The Morgan fingerprint density at radius 2 is 2.06 bits per heavy atom. The van der Waals surface area contributed by atoms with Crippen molar-refractivity contribution in [3.8, 4) is 11.3 Å². The SMILES string of the molecule is CCOC(=O)Cn1cc(CN2CC=C(c3c[nH]c4ncccc34)CC2)c(-c2ccccc2)n1. The Labute approximate surface area is 192 Å². The van der Waals surface area contributed by atoms with Crippen LogP contribution in [0.3, 0.4) is 0 Å². The van der Waals surface area contributed by atoms with Crippen LogP contribution in [0, 0.1) is 0 Å². The van der Waals surface area contributed by atoms with E-state index in [1.807, 2.05) is 43.6 Å². The largest absolute Gasteiger partial charge is 0.465 e. The average molecular weight is 442 g/mol. The molecule has 0 atom stereocenters. The lowest BCUT2D eigenvalue weighted by Crippen LogP contribution is -2.28. The van der Waals surface area contributed by atoms with E-state index in [4.69, 9.17) is 9.84 Å². The molecule has 0 amide bonds. The van der Waals surface area contributed by atoms with Crippen LogP contribution in [0.5, 0.6) is 0 Å². The van der Waals surface area contributed by atoms with Crippen LogP contribution in [0.25, 0.3) is 27.9 Å². The molecular weight excluding hydrogens is 414 g/mol. The predicted octanol–water partition coefficient (Wildman–Crippen LogP) is 4.28. The van der Waals surface area contributed by atoms with E-state index in [1.165, 1.54) is 16.5 Å². The van der Waals surface area contributed by atoms with Crippen molar-refractivity contribution in [2.24, 2.45) is 0 Å². The fourth-order valence-electron chi connectivity index (χ4n) is 4.40. The molecule has 0 saturated carbocycles. The molecule has 5 rings (SSSR count). The lowest BCUT2D eigenvalue weighted by Gasteiger charge is -2.26. The molecule has 33 heavy (non-hydrogen) atoms. The number of pyridine rings is 1. The molecule has 1 aliphatic rings. The minimum absolute atomic E-state index is 0.117. The van der Waals surface area contributed by atoms with Gasteiger partial charge in [0.2, 0.25) is 0 Å². The van der Waals surface area contributed by atoms with Crippen molar-refractivity contribution in [3.63, 3.8) is 0 Å². The second-order valence-electron chi connectivity index (χ2n) is 8.19. The van der Waals surface area contributed by atoms with Crippen molar-refractivity contribution in [1.29, 1.82) is 0 Å². The van der Waals surface area contributed by atoms with E-state index in [0.717, 1.165) is 48.5 Å². The molecule has 0 fully saturated rings. The molecule has 3 aromatic heterocycles. The molecule has 7 nitrogen and oxygen atoms in total. The molecule has 1 aliphatic heterocycles. The first-order chi connectivity index (χ1) is 16.2. The Hall–Kier alpha value is -3.71. The van der Waals surface area contributed by atoms with Gasteiger partial charge in [0.25, 0.3) is 0 Å². The highest BCUT2D eigenvalue weighted by Gasteiger charge is 2.20. The Kier molecular flexibility index (Phi) is 6.04. The summed E-state index contributed by atoms with van der Waals surface area (Å²) in [5.74, 6) is -0.273. The second kappa shape index (κ2) is 9.42. The zero-order valence-corrected chi connectivity index (χ0v) is 18.7. The van der Waals surface area contributed by atoms with E-state index >= 15 is 0 Å². The molecular formula is C26H27N5O2. The summed E-state index contributed by atoms with van der Waals surface area (Å²) in [4.78, 5) is 22.1. The summed E-state index contributed by atoms with van der Waals surface area (Å²) >= 11 is 0. The number of benzene rings is 1. The summed E-state index contributed by atoms with van der Waals surface area (Å²) in [5.41, 5.74) is 6.60. The molecule has 0 spiro atoms. The van der Waals surface area contributed by atoms with Crippen molar-refractivity contribution in [1.82, 2.24) is 24.6 Å². The molecule has 4 aromatic rings. The number of aromatic amines is 1. The highest BCUT2D eigenvalue weighted by molar-refractivity contribution is 5.90. The van der Waals surface area contributed by atoms with Gasteiger partial charge < -0.3 is 9.72 Å². The highest BCUT2D eigenvalue weighted by Crippen LogP contribution is 2.30. The van der Waals surface area contributed by atoms with E-state index in [2.05, 4.69) is 45.3 Å². The third-order valence-corrected chi connectivity index (χ3v) is 5.97. The number of hydrogen-bond acceptors (Lipinski definition) is 5. The number of aromatic nitrogens is 4. The van der Waals surface area contributed by atoms with Gasteiger partial charge in [0.1, 0.15) is 12.2 Å². The summed E-state index contributed by atoms with van der Waals surface area (Å²) < 4.78 is 6.80. The molecule has 168 valence electrons. The number of rotatable bonds is 7. The van der Waals surface area contributed by atoms with Gasteiger partial charge in [0, 0.05) is 60.3 Å². The summed E-state index contributed by atoms with van der Waals surface area (Å²) in [7, 11) is 0. The number of H-pyrrole nitrogens is 1. The maximum atomic E-state index is 12.0. The van der Waals surface area contributed by atoms with Crippen molar-refractivity contribution >= 4 is 22.6 Å². The first kappa shape index (κ1) is 21.2. The normalized spacial score (nSPS) is 14.4. The minimum atomic E-state index is -0.273. The van der Waals surface area contributed by atoms with Gasteiger partial charge in [-0.2, -0.15) is 5.10 Å². The predicted molar refractivity (Wildman–Crippen MR) is 128 cm³/mol. The summed E-state index contributed by atoms with van der Waals surface area (Å²) in [6, 6.07) is 14.2. The lowest BCUT2D eigenvalue weighted by atomic mass is 9.99. The summed E-state index contributed by atoms with van der Waals surface area (Å²) in [6.07, 6.45) is 9.13. The van der Waals surface area contributed by atoms with Crippen LogP contribution >= 0.6 is 0 Å². The van der Waals surface area contributed by atoms with E-state index in [-0.39, 0.29) is 12.5 Å². The number of carbonyl (C=O) groups excluding carboxylic acids is 1. The first-order valence-electron chi connectivity index (χ1n) is 11.3. The molecule has 1 N–H and O–H groups in total. The van der Waals surface area contributed by atoms with Crippen LogP contribution in [0.15, 0.2) is 67.1 Å². The number of carbonyl (C=O) groups is 1. The van der Waals surface area contributed by atoms with E-state index in [0.29, 0.717) is 6.61 Å². The minimum Gasteiger partial charge on any atom is -0.465 e. The van der Waals surface area contributed by atoms with Crippen molar-refractivity contribution in [3.05, 3.63) is 78.3 Å². The number of esters is 1. The van der Waals surface area contributed by atoms with Gasteiger partial charge in [0.15, 0.2) is 0 Å². The molecule has 0 bridgehead atoms. The second-order valence-corrected chi connectivity index (χ2v) is 8.19. The van der Waals surface area contributed by atoms with Crippen molar-refractivity contribution in [2.45, 2.75) is 26.4 Å². The first-order valence-corrected chi connectivity index (χ1v) is 11.3. The molecule has 4 heterocycles. The molecule has 1 aromatic carbocycles. The van der Waals surface area contributed by atoms with Gasteiger partial charge in [-0.25, -0.2) is 4.98 Å². The maximum Gasteiger partial charge on any atom is 0.327 e. The van der Waals surface area contributed by atoms with Crippen LogP contribution in [-0.4, -0.2) is 50.3 Å². The van der Waals surface area contributed by atoms with Crippen molar-refractivity contribution in [2.75, 3.05) is 19.7 Å². The molecule has 0 unspecified atom stereocenters. The topological polar surface area (TPSA) is 76.0 Å². The van der Waals surface area contributed by atoms with Crippen LogP contribution in [0.2, 0.25) is 0 Å². The lowest BCUT2D eigenvalue weighted by molar-refractivity contribution is -0.144. The van der Waals surface area contributed by atoms with E-state index in [1.54, 1.807) is 4.68 Å². The number of nitrogens with zero attached hydrogens (tertiary/aromatic N) is 4. The molecule has 0 saturated heterocycles. The quantitative estimate of drug-likeness (QED) is 0.433. The van der Waals surface area contributed by atoms with Gasteiger partial charge in [-0.1, -0.05) is 36.4 Å². The smallest absolute Gasteiger partial charge is 0.327 e. The fourth-order valence-corrected chi connectivity index (χ4v) is 4.40. The van der Waals surface area contributed by atoms with E-state index in [9.17, 15) is 4.79 Å². The molecule has 0 radical (unpaired) electrons. The summed E-state index contributed by atoms with van der Waals surface area (Å²) in [6.45, 7) is 4.88.